The van der Waals surface area contributed by atoms with Gasteiger partial charge in [0.15, 0.2) is 6.61 Å². The third-order valence-electron chi connectivity index (χ3n) is 5.52. The van der Waals surface area contributed by atoms with Crippen LogP contribution in [0.5, 0.6) is 5.75 Å². The molecule has 5 heteroatoms. The number of hydrogen-bond acceptors (Lipinski definition) is 4. The molecule has 0 saturated carbocycles. The van der Waals surface area contributed by atoms with Crippen molar-refractivity contribution in [2.75, 3.05) is 6.61 Å². The fraction of sp³-hybridized carbons (Fsp3) is 0.222. The van der Waals surface area contributed by atoms with E-state index in [0.717, 1.165) is 58.2 Å². The molecular formula is C27H26O5. The quantitative estimate of drug-likeness (QED) is 0.341. The lowest BCUT2D eigenvalue weighted by Crippen LogP contribution is -2.09. The van der Waals surface area contributed by atoms with Crippen LogP contribution in [-0.2, 0) is 11.2 Å². The maximum atomic E-state index is 11.2. The van der Waals surface area contributed by atoms with E-state index in [1.54, 1.807) is 12.1 Å². The first-order chi connectivity index (χ1) is 15.6. The minimum atomic E-state index is -1.01. The Labute approximate surface area is 186 Å². The van der Waals surface area contributed by atoms with Gasteiger partial charge in [-0.15, -0.1) is 0 Å². The van der Waals surface area contributed by atoms with Crippen molar-refractivity contribution in [2.45, 2.75) is 32.3 Å². The van der Waals surface area contributed by atoms with Crippen LogP contribution in [-0.4, -0.2) is 22.8 Å². The molecule has 0 aliphatic rings. The number of para-hydroxylation sites is 1. The molecule has 0 amide bonds. The van der Waals surface area contributed by atoms with Gasteiger partial charge in [0.1, 0.15) is 23.2 Å². The lowest BCUT2D eigenvalue weighted by Gasteiger charge is -2.13. The fourth-order valence-electron chi connectivity index (χ4n) is 3.85. The van der Waals surface area contributed by atoms with Gasteiger partial charge in [-0.2, -0.15) is 0 Å². The molecule has 1 aromatic heterocycles. The van der Waals surface area contributed by atoms with E-state index in [1.807, 2.05) is 60.7 Å². The Kier molecular flexibility index (Phi) is 6.57. The summed E-state index contributed by atoms with van der Waals surface area (Å²) in [5.74, 6) is 0.350. The summed E-state index contributed by atoms with van der Waals surface area (Å²) in [5.41, 5.74) is 4.43. The van der Waals surface area contributed by atoms with E-state index in [-0.39, 0.29) is 6.61 Å². The second-order valence-corrected chi connectivity index (χ2v) is 7.77. The molecule has 32 heavy (non-hydrogen) atoms. The minimum absolute atomic E-state index is 0.366. The number of unbranched alkanes of at least 4 members (excludes halogenated alkanes) is 1. The summed E-state index contributed by atoms with van der Waals surface area (Å²) in [5, 5.41) is 20.9. The molecule has 0 radical (unpaired) electrons. The lowest BCUT2D eigenvalue weighted by molar-refractivity contribution is -0.139. The number of carboxylic acid groups (broad SMARTS) is 1. The Morgan fingerprint density at radius 3 is 2.28 bits per heavy atom. The lowest BCUT2D eigenvalue weighted by atomic mass is 9.95. The molecule has 4 rings (SSSR count). The van der Waals surface area contributed by atoms with Gasteiger partial charge in [0.05, 0.1) is 0 Å². The van der Waals surface area contributed by atoms with Crippen molar-refractivity contribution in [3.63, 3.8) is 0 Å². The molecule has 0 aliphatic carbocycles. The standard InChI is InChI=1S/C27H26O5/c1-2-3-7-24-26(22-6-4-5-8-23(22)32-24)27(30)20-11-9-18(10-12-20)19-13-15-21(16-14-19)31-17-25(28)29/h4-6,8-16,27,30H,2-3,7,17H2,1H3,(H,28,29). The highest BCUT2D eigenvalue weighted by molar-refractivity contribution is 5.83. The van der Waals surface area contributed by atoms with Crippen molar-refractivity contribution >= 4 is 16.9 Å². The maximum absolute atomic E-state index is 11.2. The Morgan fingerprint density at radius 2 is 1.62 bits per heavy atom. The fourth-order valence-corrected chi connectivity index (χ4v) is 3.85. The number of aliphatic hydroxyl groups is 1. The Morgan fingerprint density at radius 1 is 0.969 bits per heavy atom. The number of aliphatic hydroxyl groups excluding tert-OH is 1. The third-order valence-corrected chi connectivity index (χ3v) is 5.52. The number of aryl methyl sites for hydroxylation is 1. The SMILES string of the molecule is CCCCc1oc2ccccc2c1C(O)c1ccc(-c2ccc(OCC(=O)O)cc2)cc1. The van der Waals surface area contributed by atoms with Crippen LogP contribution in [0.4, 0.5) is 0 Å². The van der Waals surface area contributed by atoms with E-state index in [2.05, 4.69) is 6.92 Å². The zero-order valence-electron chi connectivity index (χ0n) is 18.0. The molecule has 0 bridgehead atoms. The third kappa shape index (κ3) is 4.68. The summed E-state index contributed by atoms with van der Waals surface area (Å²) in [6.07, 6.45) is 2.09. The van der Waals surface area contributed by atoms with Gasteiger partial charge in [-0.05, 0) is 41.3 Å². The molecule has 4 aromatic rings. The topological polar surface area (TPSA) is 79.9 Å². The van der Waals surface area contributed by atoms with E-state index < -0.39 is 12.1 Å². The zero-order valence-corrected chi connectivity index (χ0v) is 18.0. The van der Waals surface area contributed by atoms with Crippen molar-refractivity contribution in [3.05, 3.63) is 89.7 Å². The van der Waals surface area contributed by atoms with Gasteiger partial charge in [0.2, 0.25) is 0 Å². The first-order valence-electron chi connectivity index (χ1n) is 10.8. The average Bonchev–Trinajstić information content (AvgIpc) is 3.19. The number of hydrogen-bond donors (Lipinski definition) is 2. The van der Waals surface area contributed by atoms with Crippen molar-refractivity contribution in [1.82, 2.24) is 0 Å². The van der Waals surface area contributed by atoms with Crippen molar-refractivity contribution in [1.29, 1.82) is 0 Å². The summed E-state index contributed by atoms with van der Waals surface area (Å²) in [6, 6.07) is 22.9. The number of ether oxygens (including phenoxy) is 1. The second-order valence-electron chi connectivity index (χ2n) is 7.77. The first kappa shape index (κ1) is 21.7. The van der Waals surface area contributed by atoms with Gasteiger partial charge in [-0.1, -0.05) is 67.9 Å². The van der Waals surface area contributed by atoms with Crippen LogP contribution in [0, 0.1) is 0 Å². The van der Waals surface area contributed by atoms with Crippen LogP contribution in [0.1, 0.15) is 42.8 Å². The molecule has 5 nitrogen and oxygen atoms in total. The molecule has 0 spiro atoms. The Bertz CT molecular complexity index is 1190. The van der Waals surface area contributed by atoms with Crippen LogP contribution in [0.2, 0.25) is 0 Å². The predicted octanol–water partition coefficient (Wildman–Crippen LogP) is 5.99. The van der Waals surface area contributed by atoms with Crippen molar-refractivity contribution < 1.29 is 24.2 Å². The van der Waals surface area contributed by atoms with E-state index >= 15 is 0 Å². The highest BCUT2D eigenvalue weighted by atomic mass is 16.5. The number of carboxylic acids is 1. The van der Waals surface area contributed by atoms with Gasteiger partial charge >= 0.3 is 5.97 Å². The number of carbonyl (C=O) groups is 1. The molecule has 3 aromatic carbocycles. The van der Waals surface area contributed by atoms with Gasteiger partial charge in [-0.25, -0.2) is 4.79 Å². The normalized spacial score (nSPS) is 12.1. The zero-order chi connectivity index (χ0) is 22.5. The summed E-state index contributed by atoms with van der Waals surface area (Å²) >= 11 is 0. The summed E-state index contributed by atoms with van der Waals surface area (Å²) in [6.45, 7) is 1.77. The molecule has 0 saturated heterocycles. The van der Waals surface area contributed by atoms with Crippen LogP contribution < -0.4 is 4.74 Å². The minimum Gasteiger partial charge on any atom is -0.482 e. The van der Waals surface area contributed by atoms with Gasteiger partial charge < -0.3 is 19.4 Å². The molecule has 1 unspecified atom stereocenters. The monoisotopic (exact) mass is 430 g/mol. The molecule has 0 fully saturated rings. The number of fused-ring (bicyclic) bond motifs is 1. The van der Waals surface area contributed by atoms with Gasteiger partial charge in [0, 0.05) is 17.4 Å². The van der Waals surface area contributed by atoms with Gasteiger partial charge in [0.25, 0.3) is 0 Å². The highest BCUT2D eigenvalue weighted by Crippen LogP contribution is 2.36. The van der Waals surface area contributed by atoms with Crippen LogP contribution in [0.3, 0.4) is 0 Å². The van der Waals surface area contributed by atoms with E-state index in [0.29, 0.717) is 5.75 Å². The number of benzene rings is 3. The molecule has 0 aliphatic heterocycles. The number of rotatable bonds is 9. The smallest absolute Gasteiger partial charge is 0.341 e. The summed E-state index contributed by atoms with van der Waals surface area (Å²) in [4.78, 5) is 10.6. The molecular weight excluding hydrogens is 404 g/mol. The van der Waals surface area contributed by atoms with E-state index in [4.69, 9.17) is 14.3 Å². The maximum Gasteiger partial charge on any atom is 0.341 e. The van der Waals surface area contributed by atoms with E-state index in [1.165, 1.54) is 0 Å². The Balaban J connectivity index is 1.57. The number of aliphatic carboxylic acids is 1. The second kappa shape index (κ2) is 9.71. The Hall–Kier alpha value is -3.57. The summed E-state index contributed by atoms with van der Waals surface area (Å²) < 4.78 is 11.3. The van der Waals surface area contributed by atoms with Crippen LogP contribution in [0.15, 0.2) is 77.2 Å². The van der Waals surface area contributed by atoms with Gasteiger partial charge in [-0.3, -0.25) is 0 Å². The molecule has 164 valence electrons. The van der Waals surface area contributed by atoms with Crippen LogP contribution in [0.25, 0.3) is 22.1 Å². The average molecular weight is 431 g/mol. The van der Waals surface area contributed by atoms with E-state index in [9.17, 15) is 9.90 Å². The van der Waals surface area contributed by atoms with Crippen molar-refractivity contribution in [2.24, 2.45) is 0 Å². The number of furan rings is 1. The predicted molar refractivity (Wildman–Crippen MR) is 124 cm³/mol. The molecule has 1 heterocycles. The molecule has 2 N–H and O–H groups in total. The summed E-state index contributed by atoms with van der Waals surface area (Å²) in [7, 11) is 0. The largest absolute Gasteiger partial charge is 0.482 e. The van der Waals surface area contributed by atoms with Crippen molar-refractivity contribution in [3.8, 4) is 16.9 Å². The highest BCUT2D eigenvalue weighted by Gasteiger charge is 2.22. The van der Waals surface area contributed by atoms with Crippen LogP contribution >= 0.6 is 0 Å². The molecule has 1 atom stereocenters. The first-order valence-corrected chi connectivity index (χ1v) is 10.8.